The Labute approximate surface area is 98.0 Å². The first-order valence-corrected chi connectivity index (χ1v) is 6.38. The van der Waals surface area contributed by atoms with Gasteiger partial charge in [-0.15, -0.1) is 6.58 Å². The average molecular weight is 219 g/mol. The summed E-state index contributed by atoms with van der Waals surface area (Å²) in [7, 11) is 0. The molecular formula is C14H21NO. The molecule has 1 amide bonds. The Morgan fingerprint density at radius 1 is 1.50 bits per heavy atom. The van der Waals surface area contributed by atoms with Gasteiger partial charge in [-0.25, -0.2) is 0 Å². The molecule has 2 rings (SSSR count). The summed E-state index contributed by atoms with van der Waals surface area (Å²) in [4.78, 5) is 13.7. The molecule has 2 aliphatic rings. The molecule has 1 aliphatic heterocycles. The molecule has 1 heterocycles. The van der Waals surface area contributed by atoms with Gasteiger partial charge in [-0.05, 0) is 32.1 Å². The number of hydrogen-bond donors (Lipinski definition) is 0. The van der Waals surface area contributed by atoms with Crippen LogP contribution in [0.25, 0.3) is 0 Å². The Morgan fingerprint density at radius 2 is 2.38 bits per heavy atom. The molecule has 0 aromatic rings. The van der Waals surface area contributed by atoms with Gasteiger partial charge in [0.05, 0.1) is 0 Å². The molecular weight excluding hydrogens is 198 g/mol. The predicted molar refractivity (Wildman–Crippen MR) is 66.1 cm³/mol. The summed E-state index contributed by atoms with van der Waals surface area (Å²) >= 11 is 0. The Hall–Kier alpha value is -1.05. The van der Waals surface area contributed by atoms with Crippen LogP contribution in [0.4, 0.5) is 0 Å². The molecule has 0 N–H and O–H groups in total. The lowest BCUT2D eigenvalue weighted by molar-refractivity contribution is -0.127. The minimum Gasteiger partial charge on any atom is -0.342 e. The fourth-order valence-electron chi connectivity index (χ4n) is 2.59. The number of allylic oxidation sites excluding steroid dienone is 1. The van der Waals surface area contributed by atoms with Crippen LogP contribution in [0.3, 0.4) is 0 Å². The molecule has 0 spiro atoms. The van der Waals surface area contributed by atoms with Crippen molar-refractivity contribution in [1.29, 1.82) is 0 Å². The highest BCUT2D eigenvalue weighted by Crippen LogP contribution is 2.23. The Bertz CT molecular complexity index is 306. The molecule has 1 fully saturated rings. The molecule has 1 unspecified atom stereocenters. The molecule has 0 aromatic heterocycles. The second-order valence-electron chi connectivity index (χ2n) is 4.90. The number of rotatable bonds is 4. The number of hydrogen-bond acceptors (Lipinski definition) is 1. The van der Waals surface area contributed by atoms with Crippen molar-refractivity contribution in [2.24, 2.45) is 5.92 Å². The lowest BCUT2D eigenvalue weighted by Gasteiger charge is -2.19. The average Bonchev–Trinajstić information content (AvgIpc) is 2.69. The van der Waals surface area contributed by atoms with Gasteiger partial charge in [0.25, 0.3) is 0 Å². The Morgan fingerprint density at radius 3 is 3.00 bits per heavy atom. The molecule has 0 saturated carbocycles. The molecule has 2 nitrogen and oxygen atoms in total. The van der Waals surface area contributed by atoms with Gasteiger partial charge in [0.2, 0.25) is 5.91 Å². The topological polar surface area (TPSA) is 20.3 Å². The maximum absolute atomic E-state index is 11.7. The lowest BCUT2D eigenvalue weighted by atomic mass is 9.97. The van der Waals surface area contributed by atoms with Gasteiger partial charge >= 0.3 is 0 Å². The van der Waals surface area contributed by atoms with E-state index in [1.165, 1.54) is 25.7 Å². The SMILES string of the molecule is C=CC1CC(=O)N(CCC2=CCCCC2)C1. The van der Waals surface area contributed by atoms with E-state index in [0.717, 1.165) is 19.5 Å². The number of nitrogens with zero attached hydrogens (tertiary/aromatic N) is 1. The maximum atomic E-state index is 11.7. The summed E-state index contributed by atoms with van der Waals surface area (Å²) in [5.74, 6) is 0.689. The van der Waals surface area contributed by atoms with Gasteiger partial charge < -0.3 is 4.90 Å². The van der Waals surface area contributed by atoms with Crippen molar-refractivity contribution in [3.05, 3.63) is 24.3 Å². The number of carbonyl (C=O) groups is 1. The van der Waals surface area contributed by atoms with Crippen LogP contribution in [0.15, 0.2) is 24.3 Å². The van der Waals surface area contributed by atoms with E-state index in [1.54, 1.807) is 5.57 Å². The van der Waals surface area contributed by atoms with E-state index in [1.807, 2.05) is 11.0 Å². The molecule has 88 valence electrons. The largest absolute Gasteiger partial charge is 0.342 e. The van der Waals surface area contributed by atoms with Gasteiger partial charge in [-0.1, -0.05) is 17.7 Å². The zero-order valence-electron chi connectivity index (χ0n) is 9.95. The zero-order valence-corrected chi connectivity index (χ0v) is 9.95. The lowest BCUT2D eigenvalue weighted by Crippen LogP contribution is -2.26. The Kier molecular flexibility index (Phi) is 3.81. The fraction of sp³-hybridized carbons (Fsp3) is 0.643. The van der Waals surface area contributed by atoms with Gasteiger partial charge in [-0.2, -0.15) is 0 Å². The van der Waals surface area contributed by atoms with Crippen molar-refractivity contribution in [3.8, 4) is 0 Å². The Balaban J connectivity index is 1.79. The second kappa shape index (κ2) is 5.33. The summed E-state index contributed by atoms with van der Waals surface area (Å²) < 4.78 is 0. The number of amides is 1. The third kappa shape index (κ3) is 2.75. The van der Waals surface area contributed by atoms with E-state index in [-0.39, 0.29) is 0 Å². The van der Waals surface area contributed by atoms with Crippen LogP contribution in [0, 0.1) is 5.92 Å². The smallest absolute Gasteiger partial charge is 0.223 e. The highest BCUT2D eigenvalue weighted by molar-refractivity contribution is 5.78. The van der Waals surface area contributed by atoms with E-state index in [2.05, 4.69) is 12.7 Å². The van der Waals surface area contributed by atoms with Crippen LogP contribution in [-0.2, 0) is 4.79 Å². The zero-order chi connectivity index (χ0) is 11.4. The maximum Gasteiger partial charge on any atom is 0.223 e. The summed E-state index contributed by atoms with van der Waals surface area (Å²) in [5, 5.41) is 0. The highest BCUT2D eigenvalue weighted by Gasteiger charge is 2.27. The molecule has 0 aromatic carbocycles. The highest BCUT2D eigenvalue weighted by atomic mass is 16.2. The summed E-state index contributed by atoms with van der Waals surface area (Å²) in [5.41, 5.74) is 1.56. The van der Waals surface area contributed by atoms with Crippen molar-refractivity contribution >= 4 is 5.91 Å². The summed E-state index contributed by atoms with van der Waals surface area (Å²) in [6, 6.07) is 0. The summed E-state index contributed by atoms with van der Waals surface area (Å²) in [6.45, 7) is 5.57. The standard InChI is InChI=1S/C14H21NO/c1-2-12-10-14(16)15(11-12)9-8-13-6-4-3-5-7-13/h2,6,12H,1,3-5,7-11H2. The molecule has 0 radical (unpaired) electrons. The van der Waals surface area contributed by atoms with E-state index < -0.39 is 0 Å². The molecule has 16 heavy (non-hydrogen) atoms. The van der Waals surface area contributed by atoms with Crippen LogP contribution >= 0.6 is 0 Å². The second-order valence-corrected chi connectivity index (χ2v) is 4.90. The van der Waals surface area contributed by atoms with Gasteiger partial charge in [0.1, 0.15) is 0 Å². The van der Waals surface area contributed by atoms with Crippen LogP contribution in [0.1, 0.15) is 38.5 Å². The first-order chi connectivity index (χ1) is 7.79. The van der Waals surface area contributed by atoms with Crippen molar-refractivity contribution < 1.29 is 4.79 Å². The van der Waals surface area contributed by atoms with E-state index in [0.29, 0.717) is 18.2 Å². The van der Waals surface area contributed by atoms with E-state index in [9.17, 15) is 4.79 Å². The normalized spacial score (nSPS) is 25.8. The van der Waals surface area contributed by atoms with E-state index >= 15 is 0 Å². The molecule has 1 aliphatic carbocycles. The molecule has 1 atom stereocenters. The van der Waals surface area contributed by atoms with Gasteiger partial charge in [0.15, 0.2) is 0 Å². The fourth-order valence-corrected chi connectivity index (χ4v) is 2.59. The van der Waals surface area contributed by atoms with Crippen LogP contribution in [0.5, 0.6) is 0 Å². The van der Waals surface area contributed by atoms with Crippen molar-refractivity contribution in [3.63, 3.8) is 0 Å². The summed E-state index contributed by atoms with van der Waals surface area (Å²) in [6.07, 6.45) is 11.2. The van der Waals surface area contributed by atoms with Gasteiger partial charge in [-0.3, -0.25) is 4.79 Å². The predicted octanol–water partition coefficient (Wildman–Crippen LogP) is 2.91. The minimum atomic E-state index is 0.307. The van der Waals surface area contributed by atoms with Crippen molar-refractivity contribution in [2.75, 3.05) is 13.1 Å². The third-order valence-corrected chi connectivity index (χ3v) is 3.67. The van der Waals surface area contributed by atoms with Crippen molar-refractivity contribution in [2.45, 2.75) is 38.5 Å². The van der Waals surface area contributed by atoms with E-state index in [4.69, 9.17) is 0 Å². The number of likely N-dealkylation sites (tertiary alicyclic amines) is 1. The first kappa shape index (κ1) is 11.4. The number of carbonyl (C=O) groups excluding carboxylic acids is 1. The van der Waals surface area contributed by atoms with Crippen LogP contribution in [-0.4, -0.2) is 23.9 Å². The monoisotopic (exact) mass is 219 g/mol. The van der Waals surface area contributed by atoms with Gasteiger partial charge in [0, 0.05) is 25.4 Å². The first-order valence-electron chi connectivity index (χ1n) is 6.38. The van der Waals surface area contributed by atoms with Crippen LogP contribution in [0.2, 0.25) is 0 Å². The molecule has 0 bridgehead atoms. The molecule has 2 heteroatoms. The molecule has 1 saturated heterocycles. The van der Waals surface area contributed by atoms with Crippen molar-refractivity contribution in [1.82, 2.24) is 4.90 Å². The quantitative estimate of drug-likeness (QED) is 0.666. The minimum absolute atomic E-state index is 0.307. The van der Waals surface area contributed by atoms with Crippen LogP contribution < -0.4 is 0 Å². The third-order valence-electron chi connectivity index (χ3n) is 3.67.